The van der Waals surface area contributed by atoms with E-state index in [1.54, 1.807) is 30.3 Å². The number of hydrogen-bond acceptors (Lipinski definition) is 4. The summed E-state index contributed by atoms with van der Waals surface area (Å²) in [6, 6.07) is 12.7. The van der Waals surface area contributed by atoms with Crippen LogP contribution >= 0.6 is 0 Å². The molecular formula is C19H19F3N2O3S. The van der Waals surface area contributed by atoms with E-state index in [0.29, 0.717) is 12.1 Å². The van der Waals surface area contributed by atoms with Crippen molar-refractivity contribution < 1.29 is 26.4 Å². The smallest absolute Gasteiger partial charge is 0.376 e. The Kier molecular flexibility index (Phi) is 5.64. The van der Waals surface area contributed by atoms with Gasteiger partial charge in [-0.2, -0.15) is 13.2 Å². The lowest BCUT2D eigenvalue weighted by molar-refractivity contribution is -0.137. The third kappa shape index (κ3) is 4.83. The van der Waals surface area contributed by atoms with Gasteiger partial charge in [0.15, 0.2) is 9.84 Å². The highest BCUT2D eigenvalue weighted by Gasteiger charge is 2.35. The van der Waals surface area contributed by atoms with Crippen LogP contribution in [0.15, 0.2) is 54.6 Å². The van der Waals surface area contributed by atoms with E-state index in [0.717, 1.165) is 12.1 Å². The van der Waals surface area contributed by atoms with Crippen molar-refractivity contribution in [2.24, 2.45) is 0 Å². The second-order valence-corrected chi connectivity index (χ2v) is 8.82. The maximum absolute atomic E-state index is 12.8. The molecule has 1 heterocycles. The zero-order valence-corrected chi connectivity index (χ0v) is 15.6. The van der Waals surface area contributed by atoms with Gasteiger partial charge in [0.25, 0.3) is 0 Å². The van der Waals surface area contributed by atoms with Gasteiger partial charge < -0.3 is 10.2 Å². The van der Waals surface area contributed by atoms with E-state index < -0.39 is 33.5 Å². The predicted octanol–water partition coefficient (Wildman–Crippen LogP) is 3.34. The molecule has 1 saturated heterocycles. The van der Waals surface area contributed by atoms with Gasteiger partial charge in [-0.25, -0.2) is 8.42 Å². The zero-order valence-electron chi connectivity index (χ0n) is 14.8. The molecule has 150 valence electrons. The van der Waals surface area contributed by atoms with E-state index in [9.17, 15) is 26.4 Å². The van der Waals surface area contributed by atoms with Crippen LogP contribution in [0.25, 0.3) is 0 Å². The molecule has 0 spiro atoms. The van der Waals surface area contributed by atoms with Crippen LogP contribution in [0.3, 0.4) is 0 Å². The summed E-state index contributed by atoms with van der Waals surface area (Å²) in [6.07, 6.45) is -4.15. The van der Waals surface area contributed by atoms with Gasteiger partial charge in [-0.15, -0.1) is 0 Å². The van der Waals surface area contributed by atoms with Crippen LogP contribution in [0.4, 0.5) is 24.5 Å². The minimum atomic E-state index is -4.48. The largest absolute Gasteiger partial charge is 0.416 e. The molecule has 3 rings (SSSR count). The van der Waals surface area contributed by atoms with E-state index in [-0.39, 0.29) is 23.7 Å². The van der Waals surface area contributed by atoms with Gasteiger partial charge in [0.2, 0.25) is 5.91 Å². The second kappa shape index (κ2) is 7.83. The molecule has 0 aliphatic carbocycles. The third-order valence-corrected chi connectivity index (χ3v) is 6.26. The highest BCUT2D eigenvalue weighted by molar-refractivity contribution is 7.91. The van der Waals surface area contributed by atoms with Crippen LogP contribution in [0, 0.1) is 0 Å². The van der Waals surface area contributed by atoms with Gasteiger partial charge in [0.1, 0.15) is 0 Å². The summed E-state index contributed by atoms with van der Waals surface area (Å²) in [5, 5.41) is 2.71. The normalized spacial score (nSPS) is 18.6. The average Bonchev–Trinajstić information content (AvgIpc) is 3.00. The lowest BCUT2D eigenvalue weighted by Gasteiger charge is -2.28. The molecule has 1 atom stereocenters. The van der Waals surface area contributed by atoms with E-state index in [1.165, 1.54) is 17.0 Å². The number of nitrogens with one attached hydrogen (secondary N) is 1. The highest BCUT2D eigenvalue weighted by atomic mass is 32.2. The quantitative estimate of drug-likeness (QED) is 0.818. The number of benzene rings is 2. The van der Waals surface area contributed by atoms with Crippen molar-refractivity contribution in [1.29, 1.82) is 0 Å². The molecule has 5 nitrogen and oxygen atoms in total. The topological polar surface area (TPSA) is 66.5 Å². The summed E-state index contributed by atoms with van der Waals surface area (Å²) >= 11 is 0. The Labute approximate surface area is 161 Å². The fourth-order valence-electron chi connectivity index (χ4n) is 3.19. The molecule has 1 amide bonds. The summed E-state index contributed by atoms with van der Waals surface area (Å²) < 4.78 is 62.2. The van der Waals surface area contributed by atoms with Gasteiger partial charge >= 0.3 is 6.18 Å². The highest BCUT2D eigenvalue weighted by Crippen LogP contribution is 2.31. The predicted molar refractivity (Wildman–Crippen MR) is 101 cm³/mol. The maximum atomic E-state index is 12.8. The van der Waals surface area contributed by atoms with E-state index in [1.807, 2.05) is 0 Å². The Hall–Kier alpha value is -2.55. The first-order valence-corrected chi connectivity index (χ1v) is 10.5. The molecule has 0 saturated carbocycles. The lowest BCUT2D eigenvalue weighted by Crippen LogP contribution is -2.44. The SMILES string of the molecule is O=C(CNc1cccc(C(F)(F)F)c1)N(c1ccccc1)[C@H]1CCS(=O)(=O)C1. The van der Waals surface area contributed by atoms with Crippen molar-refractivity contribution in [3.63, 3.8) is 0 Å². The average molecular weight is 412 g/mol. The van der Waals surface area contributed by atoms with Crippen molar-refractivity contribution in [1.82, 2.24) is 0 Å². The Bertz CT molecular complexity index is 946. The molecule has 0 bridgehead atoms. The fourth-order valence-corrected chi connectivity index (χ4v) is 4.89. The molecule has 28 heavy (non-hydrogen) atoms. The number of alkyl halides is 3. The Morgan fingerprint density at radius 3 is 2.43 bits per heavy atom. The summed E-state index contributed by atoms with van der Waals surface area (Å²) in [4.78, 5) is 14.3. The molecule has 2 aromatic carbocycles. The van der Waals surface area contributed by atoms with Crippen molar-refractivity contribution >= 4 is 27.1 Å². The summed E-state index contributed by atoms with van der Waals surface area (Å²) in [7, 11) is -3.21. The number of para-hydroxylation sites is 1. The Morgan fingerprint density at radius 2 is 1.82 bits per heavy atom. The van der Waals surface area contributed by atoms with Crippen molar-refractivity contribution in [2.75, 3.05) is 28.3 Å². The maximum Gasteiger partial charge on any atom is 0.416 e. The van der Waals surface area contributed by atoms with Gasteiger partial charge in [0, 0.05) is 11.4 Å². The number of carbonyl (C=O) groups is 1. The third-order valence-electron chi connectivity index (χ3n) is 4.51. The van der Waals surface area contributed by atoms with Crippen LogP contribution in [0.5, 0.6) is 0 Å². The Balaban J connectivity index is 1.77. The van der Waals surface area contributed by atoms with Crippen LogP contribution < -0.4 is 10.2 Å². The van der Waals surface area contributed by atoms with E-state index in [2.05, 4.69) is 5.32 Å². The minimum Gasteiger partial charge on any atom is -0.376 e. The molecule has 1 fully saturated rings. The summed E-state index contributed by atoms with van der Waals surface area (Å²) in [5.41, 5.74) is -0.0950. The number of anilines is 2. The van der Waals surface area contributed by atoms with Crippen LogP contribution in [0.2, 0.25) is 0 Å². The molecule has 1 N–H and O–H groups in total. The number of hydrogen-bond donors (Lipinski definition) is 1. The molecule has 1 aliphatic rings. The van der Waals surface area contributed by atoms with Crippen LogP contribution in [-0.2, 0) is 20.8 Å². The van der Waals surface area contributed by atoms with Crippen LogP contribution in [0.1, 0.15) is 12.0 Å². The van der Waals surface area contributed by atoms with Crippen LogP contribution in [-0.4, -0.2) is 38.4 Å². The molecule has 2 aromatic rings. The first-order valence-electron chi connectivity index (χ1n) is 8.64. The Morgan fingerprint density at radius 1 is 1.11 bits per heavy atom. The number of sulfone groups is 1. The van der Waals surface area contributed by atoms with Crippen molar-refractivity contribution in [3.8, 4) is 0 Å². The second-order valence-electron chi connectivity index (χ2n) is 6.59. The monoisotopic (exact) mass is 412 g/mol. The first-order chi connectivity index (χ1) is 13.2. The van der Waals surface area contributed by atoms with E-state index in [4.69, 9.17) is 0 Å². The van der Waals surface area contributed by atoms with Gasteiger partial charge in [0.05, 0.1) is 29.7 Å². The van der Waals surface area contributed by atoms with Gasteiger partial charge in [-0.3, -0.25) is 4.79 Å². The first kappa shape index (κ1) is 20.2. The van der Waals surface area contributed by atoms with Crippen molar-refractivity contribution in [2.45, 2.75) is 18.6 Å². The number of amides is 1. The molecule has 0 aromatic heterocycles. The molecular weight excluding hydrogens is 393 g/mol. The standard InChI is InChI=1S/C19H19F3N2O3S/c20-19(21,22)14-5-4-6-15(11-14)23-12-18(25)24(16-7-2-1-3-8-16)17-9-10-28(26,27)13-17/h1-8,11,17,23H,9-10,12-13H2/t17-/m0/s1. The molecule has 0 radical (unpaired) electrons. The minimum absolute atomic E-state index is 0.00926. The number of carbonyl (C=O) groups excluding carboxylic acids is 1. The van der Waals surface area contributed by atoms with Crippen molar-refractivity contribution in [3.05, 3.63) is 60.2 Å². The molecule has 1 aliphatic heterocycles. The summed E-state index contributed by atoms with van der Waals surface area (Å²) in [6.45, 7) is -0.257. The van der Waals surface area contributed by atoms with Gasteiger partial charge in [-0.1, -0.05) is 24.3 Å². The fraction of sp³-hybridized carbons (Fsp3) is 0.316. The number of nitrogens with zero attached hydrogens (tertiary/aromatic N) is 1. The molecule has 0 unspecified atom stereocenters. The number of rotatable bonds is 5. The van der Waals surface area contributed by atoms with Gasteiger partial charge in [-0.05, 0) is 36.8 Å². The van der Waals surface area contributed by atoms with E-state index >= 15 is 0 Å². The molecule has 9 heteroatoms. The number of halogens is 3. The lowest BCUT2D eigenvalue weighted by atomic mass is 10.1. The summed E-state index contributed by atoms with van der Waals surface area (Å²) in [5.74, 6) is -0.530. The zero-order chi connectivity index (χ0) is 20.4.